The Morgan fingerprint density at radius 3 is 2.20 bits per heavy atom. The van der Waals surface area contributed by atoms with Crippen LogP contribution in [0.15, 0.2) is 60.7 Å². The van der Waals surface area contributed by atoms with Crippen LogP contribution in [0.4, 0.5) is 0 Å². The minimum absolute atomic E-state index is 0.507. The van der Waals surface area contributed by atoms with Crippen LogP contribution in [0.25, 0.3) is 0 Å². The topological polar surface area (TPSA) is 41.9 Å². The maximum Gasteiger partial charge on any atom is 0.225 e. The first kappa shape index (κ1) is 18.1. The van der Waals surface area contributed by atoms with E-state index >= 15 is 0 Å². The van der Waals surface area contributed by atoms with E-state index in [1.165, 1.54) is 12.8 Å². The van der Waals surface area contributed by atoms with Gasteiger partial charge in [-0.25, -0.2) is 0 Å². The molecule has 0 bridgehead atoms. The van der Waals surface area contributed by atoms with Gasteiger partial charge < -0.3 is 19.5 Å². The van der Waals surface area contributed by atoms with Gasteiger partial charge in [0.05, 0.1) is 6.61 Å². The van der Waals surface area contributed by atoms with Gasteiger partial charge in [0.25, 0.3) is 0 Å². The molecule has 1 fully saturated rings. The maximum atomic E-state index is 11.1. The van der Waals surface area contributed by atoms with Gasteiger partial charge in [-0.2, -0.15) is 0 Å². The Bertz CT molecular complexity index is 628. The van der Waals surface area contributed by atoms with E-state index in [2.05, 4.69) is 4.90 Å². The van der Waals surface area contributed by atoms with Gasteiger partial charge in [-0.15, -0.1) is 0 Å². The number of hydrogen-bond acceptors (Lipinski definition) is 4. The van der Waals surface area contributed by atoms with Crippen LogP contribution in [-0.2, 0) is 15.3 Å². The molecule has 25 heavy (non-hydrogen) atoms. The fraction of sp³-hybridized carbons (Fsp3) is 0.429. The Labute approximate surface area is 150 Å². The lowest BCUT2D eigenvalue weighted by atomic mass is 9.94. The van der Waals surface area contributed by atoms with Gasteiger partial charge in [0.2, 0.25) is 5.79 Å². The van der Waals surface area contributed by atoms with Crippen molar-refractivity contribution in [3.63, 3.8) is 0 Å². The van der Waals surface area contributed by atoms with E-state index in [1.807, 2.05) is 60.7 Å². The number of nitrogens with zero attached hydrogens (tertiary/aromatic N) is 1. The summed E-state index contributed by atoms with van der Waals surface area (Å²) < 4.78 is 12.0. The molecule has 134 valence electrons. The van der Waals surface area contributed by atoms with E-state index in [0.717, 1.165) is 30.8 Å². The highest BCUT2D eigenvalue weighted by molar-refractivity contribution is 5.27. The standard InChI is InChI=1S/C21H27NO3/c1-24-21(19-12-6-3-7-13-19,20(23)18-10-4-2-5-11-18)25-17-16-22-14-8-9-15-22/h2-7,10-13,20,23H,8-9,14-17H2,1H3. The highest BCUT2D eigenvalue weighted by Crippen LogP contribution is 2.39. The lowest BCUT2D eigenvalue weighted by molar-refractivity contribution is -0.285. The van der Waals surface area contributed by atoms with Crippen LogP contribution in [0, 0.1) is 0 Å². The molecule has 0 saturated carbocycles. The molecular formula is C21H27NO3. The molecule has 1 N–H and O–H groups in total. The number of methoxy groups -OCH3 is 1. The molecule has 2 aromatic rings. The van der Waals surface area contributed by atoms with Gasteiger partial charge in [0.15, 0.2) is 0 Å². The number of likely N-dealkylation sites (tertiary alicyclic amines) is 1. The van der Waals surface area contributed by atoms with Crippen LogP contribution < -0.4 is 0 Å². The third kappa shape index (κ3) is 4.10. The number of ether oxygens (including phenoxy) is 2. The summed E-state index contributed by atoms with van der Waals surface area (Å²) in [6.45, 7) is 3.60. The summed E-state index contributed by atoms with van der Waals surface area (Å²) in [6.07, 6.45) is 1.58. The summed E-state index contributed by atoms with van der Waals surface area (Å²) in [5.74, 6) is -1.22. The van der Waals surface area contributed by atoms with Crippen molar-refractivity contribution in [2.24, 2.45) is 0 Å². The van der Waals surface area contributed by atoms with Gasteiger partial charge in [-0.05, 0) is 31.5 Å². The second-order valence-electron chi connectivity index (χ2n) is 6.45. The van der Waals surface area contributed by atoms with Crippen LogP contribution >= 0.6 is 0 Å². The molecule has 3 rings (SSSR count). The zero-order valence-corrected chi connectivity index (χ0v) is 14.8. The van der Waals surface area contributed by atoms with Crippen molar-refractivity contribution in [2.75, 3.05) is 33.4 Å². The number of aliphatic hydroxyl groups excluding tert-OH is 1. The third-order valence-electron chi connectivity index (χ3n) is 4.88. The highest BCUT2D eigenvalue weighted by Gasteiger charge is 2.42. The van der Waals surface area contributed by atoms with E-state index in [1.54, 1.807) is 7.11 Å². The monoisotopic (exact) mass is 341 g/mol. The molecule has 0 aromatic heterocycles. The summed E-state index contributed by atoms with van der Waals surface area (Å²) in [5, 5.41) is 11.1. The minimum Gasteiger partial charge on any atom is -0.382 e. The fourth-order valence-corrected chi connectivity index (χ4v) is 3.47. The molecule has 4 heteroatoms. The van der Waals surface area contributed by atoms with Gasteiger partial charge in [-0.3, -0.25) is 0 Å². The molecule has 1 aliphatic heterocycles. The van der Waals surface area contributed by atoms with E-state index in [0.29, 0.717) is 6.61 Å². The molecule has 2 aromatic carbocycles. The van der Waals surface area contributed by atoms with Crippen molar-refractivity contribution >= 4 is 0 Å². The largest absolute Gasteiger partial charge is 0.382 e. The van der Waals surface area contributed by atoms with Crippen LogP contribution in [0.2, 0.25) is 0 Å². The number of hydrogen-bond donors (Lipinski definition) is 1. The molecule has 1 aliphatic rings. The predicted molar refractivity (Wildman–Crippen MR) is 98.2 cm³/mol. The smallest absolute Gasteiger partial charge is 0.225 e. The normalized spacial score (nSPS) is 18.8. The highest BCUT2D eigenvalue weighted by atomic mass is 16.7. The molecule has 0 spiro atoms. The van der Waals surface area contributed by atoms with E-state index in [9.17, 15) is 5.11 Å². The Kier molecular flexibility index (Phi) is 6.21. The molecule has 0 radical (unpaired) electrons. The third-order valence-corrected chi connectivity index (χ3v) is 4.88. The van der Waals surface area contributed by atoms with Crippen LogP contribution in [0.1, 0.15) is 30.1 Å². The fourth-order valence-electron chi connectivity index (χ4n) is 3.47. The van der Waals surface area contributed by atoms with Crippen molar-refractivity contribution in [3.8, 4) is 0 Å². The lowest BCUT2D eigenvalue weighted by Crippen LogP contribution is -2.40. The van der Waals surface area contributed by atoms with Crippen molar-refractivity contribution in [1.82, 2.24) is 4.90 Å². The van der Waals surface area contributed by atoms with Gasteiger partial charge in [-0.1, -0.05) is 60.7 Å². The Morgan fingerprint density at radius 1 is 1.00 bits per heavy atom. The average molecular weight is 341 g/mol. The van der Waals surface area contributed by atoms with Crippen molar-refractivity contribution in [2.45, 2.75) is 24.7 Å². The quantitative estimate of drug-likeness (QED) is 0.748. The number of aliphatic hydroxyl groups is 1. The van der Waals surface area contributed by atoms with Crippen LogP contribution in [-0.4, -0.2) is 43.4 Å². The number of rotatable bonds is 8. The Hall–Kier alpha value is -1.72. The van der Waals surface area contributed by atoms with E-state index in [-0.39, 0.29) is 0 Å². The summed E-state index contributed by atoms with van der Waals surface area (Å²) in [6, 6.07) is 19.2. The minimum atomic E-state index is -1.22. The van der Waals surface area contributed by atoms with Gasteiger partial charge in [0, 0.05) is 19.2 Å². The SMILES string of the molecule is COC(OCCN1CCCC1)(c1ccccc1)C(O)c1ccccc1. The summed E-state index contributed by atoms with van der Waals surface area (Å²) in [7, 11) is 1.59. The first-order chi connectivity index (χ1) is 12.3. The van der Waals surface area contributed by atoms with Gasteiger partial charge >= 0.3 is 0 Å². The molecule has 0 amide bonds. The number of benzene rings is 2. The van der Waals surface area contributed by atoms with E-state index < -0.39 is 11.9 Å². The van der Waals surface area contributed by atoms with Crippen molar-refractivity contribution < 1.29 is 14.6 Å². The second kappa shape index (κ2) is 8.59. The molecular weight excluding hydrogens is 314 g/mol. The molecule has 0 aliphatic carbocycles. The summed E-state index contributed by atoms with van der Waals surface area (Å²) >= 11 is 0. The van der Waals surface area contributed by atoms with Crippen LogP contribution in [0.3, 0.4) is 0 Å². The zero-order chi connectivity index (χ0) is 17.5. The average Bonchev–Trinajstić information content (AvgIpc) is 3.20. The predicted octanol–water partition coefficient (Wildman–Crippen LogP) is 3.33. The molecule has 2 unspecified atom stereocenters. The Balaban J connectivity index is 1.84. The Morgan fingerprint density at radius 2 is 1.60 bits per heavy atom. The summed E-state index contributed by atoms with van der Waals surface area (Å²) in [5.41, 5.74) is 1.59. The first-order valence-electron chi connectivity index (χ1n) is 8.96. The van der Waals surface area contributed by atoms with Crippen molar-refractivity contribution in [1.29, 1.82) is 0 Å². The molecule has 4 nitrogen and oxygen atoms in total. The molecule has 1 saturated heterocycles. The lowest BCUT2D eigenvalue weighted by Gasteiger charge is -2.37. The maximum absolute atomic E-state index is 11.1. The molecule has 2 atom stereocenters. The van der Waals surface area contributed by atoms with Gasteiger partial charge in [0.1, 0.15) is 6.10 Å². The molecule has 1 heterocycles. The van der Waals surface area contributed by atoms with Crippen LogP contribution in [0.5, 0.6) is 0 Å². The van der Waals surface area contributed by atoms with Crippen molar-refractivity contribution in [3.05, 3.63) is 71.8 Å². The summed E-state index contributed by atoms with van der Waals surface area (Å²) in [4.78, 5) is 2.39. The first-order valence-corrected chi connectivity index (χ1v) is 8.96. The van der Waals surface area contributed by atoms with E-state index in [4.69, 9.17) is 9.47 Å². The second-order valence-corrected chi connectivity index (χ2v) is 6.45. The zero-order valence-electron chi connectivity index (χ0n) is 14.8.